The smallest absolute Gasteiger partial charge is 0.249 e. The molecule has 1 aromatic heterocycles. The molecule has 4 heteroatoms. The molecule has 120 valence electrons. The first-order valence-electron chi connectivity index (χ1n) is 8.19. The molecule has 0 atom stereocenters. The van der Waals surface area contributed by atoms with Gasteiger partial charge in [-0.2, -0.15) is 0 Å². The average Bonchev–Trinajstić information content (AvgIpc) is 2.60. The second-order valence-corrected chi connectivity index (χ2v) is 6.24. The van der Waals surface area contributed by atoms with Crippen LogP contribution in [0.2, 0.25) is 0 Å². The second-order valence-electron chi connectivity index (χ2n) is 6.24. The molecule has 0 radical (unpaired) electrons. The zero-order valence-electron chi connectivity index (χ0n) is 13.4. The predicted molar refractivity (Wildman–Crippen MR) is 94.5 cm³/mol. The van der Waals surface area contributed by atoms with Crippen molar-refractivity contribution in [1.29, 1.82) is 0 Å². The number of para-hydroxylation sites is 1. The van der Waals surface area contributed by atoms with E-state index in [-0.39, 0.29) is 5.91 Å². The molecule has 0 unspecified atom stereocenters. The van der Waals surface area contributed by atoms with Gasteiger partial charge in [0, 0.05) is 42.7 Å². The number of carbonyl (C=O) groups excluding carboxylic acids is 1. The molecule has 4 nitrogen and oxygen atoms in total. The molecule has 24 heavy (non-hydrogen) atoms. The van der Waals surface area contributed by atoms with Gasteiger partial charge in [-0.3, -0.25) is 14.7 Å². The molecule has 1 aliphatic heterocycles. The van der Waals surface area contributed by atoms with Crippen molar-refractivity contribution >= 4 is 16.8 Å². The quantitative estimate of drug-likeness (QED) is 0.808. The Labute approximate surface area is 140 Å². The maximum atomic E-state index is 12.1. The van der Waals surface area contributed by atoms with Gasteiger partial charge < -0.3 is 5.73 Å². The van der Waals surface area contributed by atoms with Gasteiger partial charge >= 0.3 is 0 Å². The van der Waals surface area contributed by atoms with E-state index in [1.54, 1.807) is 0 Å². The summed E-state index contributed by atoms with van der Waals surface area (Å²) in [5, 5.41) is 0.852. The van der Waals surface area contributed by atoms with Crippen LogP contribution in [0.3, 0.4) is 0 Å². The summed E-state index contributed by atoms with van der Waals surface area (Å²) in [6.45, 7) is 2.51. The van der Waals surface area contributed by atoms with Crippen molar-refractivity contribution in [1.82, 2.24) is 9.88 Å². The molecule has 0 bridgehead atoms. The molecule has 3 aromatic rings. The van der Waals surface area contributed by atoms with Gasteiger partial charge in [0.2, 0.25) is 5.91 Å². The summed E-state index contributed by atoms with van der Waals surface area (Å²) >= 11 is 0. The molecular formula is C20H19N3O. The van der Waals surface area contributed by atoms with E-state index >= 15 is 0 Å². The first kappa shape index (κ1) is 14.8. The molecule has 2 N–H and O–H groups in total. The largest absolute Gasteiger partial charge is 0.366 e. The first-order chi connectivity index (χ1) is 11.7. The number of pyridine rings is 1. The zero-order chi connectivity index (χ0) is 16.5. The Morgan fingerprint density at radius 3 is 2.62 bits per heavy atom. The van der Waals surface area contributed by atoms with Crippen molar-refractivity contribution in [3.63, 3.8) is 0 Å². The van der Waals surface area contributed by atoms with Crippen LogP contribution in [0.15, 0.2) is 54.6 Å². The number of aromatic nitrogens is 1. The Morgan fingerprint density at radius 1 is 1.08 bits per heavy atom. The monoisotopic (exact) mass is 317 g/mol. The lowest BCUT2D eigenvalue weighted by atomic mass is 9.95. The van der Waals surface area contributed by atoms with Crippen molar-refractivity contribution in [3.8, 4) is 0 Å². The Bertz CT molecular complexity index is 905. The van der Waals surface area contributed by atoms with Crippen LogP contribution in [-0.2, 0) is 19.5 Å². The summed E-state index contributed by atoms with van der Waals surface area (Å²) in [7, 11) is 0. The van der Waals surface area contributed by atoms with Crippen LogP contribution in [0.4, 0.5) is 0 Å². The third-order valence-electron chi connectivity index (χ3n) is 4.62. The van der Waals surface area contributed by atoms with Gasteiger partial charge in [0.25, 0.3) is 0 Å². The molecule has 0 saturated heterocycles. The van der Waals surface area contributed by atoms with E-state index in [0.29, 0.717) is 12.1 Å². The number of primary amides is 1. The maximum absolute atomic E-state index is 12.1. The number of benzene rings is 2. The Kier molecular flexibility index (Phi) is 3.75. The van der Waals surface area contributed by atoms with Gasteiger partial charge in [0.05, 0.1) is 11.1 Å². The van der Waals surface area contributed by atoms with Crippen molar-refractivity contribution in [2.75, 3.05) is 6.54 Å². The standard InChI is InChI=1S/C20H19N3O/c21-20(24)19-15-8-4-5-9-17(15)22-18-10-11-23(13-16(18)19)12-14-6-2-1-3-7-14/h1-9H,10-13H2,(H2,21,24). The SMILES string of the molecule is NC(=O)c1c2c(nc3ccccc13)CCN(Cc1ccccc1)C2. The molecule has 0 fully saturated rings. The van der Waals surface area contributed by atoms with Crippen LogP contribution in [0, 0.1) is 0 Å². The van der Waals surface area contributed by atoms with Crippen molar-refractivity contribution < 1.29 is 4.79 Å². The van der Waals surface area contributed by atoms with E-state index in [1.165, 1.54) is 5.56 Å². The Balaban J connectivity index is 1.74. The summed E-state index contributed by atoms with van der Waals surface area (Å²) < 4.78 is 0. The molecule has 2 heterocycles. The highest BCUT2D eigenvalue weighted by Crippen LogP contribution is 2.28. The van der Waals surface area contributed by atoms with Crippen molar-refractivity contribution in [3.05, 3.63) is 77.0 Å². The molecule has 2 aromatic carbocycles. The highest BCUT2D eigenvalue weighted by molar-refractivity contribution is 6.07. The third-order valence-corrected chi connectivity index (χ3v) is 4.62. The normalized spacial score (nSPS) is 14.5. The van der Waals surface area contributed by atoms with Gasteiger partial charge in [-0.05, 0) is 11.6 Å². The first-order valence-corrected chi connectivity index (χ1v) is 8.19. The van der Waals surface area contributed by atoms with Crippen molar-refractivity contribution in [2.45, 2.75) is 19.5 Å². The Morgan fingerprint density at radius 2 is 1.83 bits per heavy atom. The minimum atomic E-state index is -0.369. The van der Waals surface area contributed by atoms with Gasteiger partial charge in [0.1, 0.15) is 0 Å². The fourth-order valence-electron chi connectivity index (χ4n) is 3.50. The number of carbonyl (C=O) groups is 1. The van der Waals surface area contributed by atoms with Gasteiger partial charge in [-0.25, -0.2) is 0 Å². The maximum Gasteiger partial charge on any atom is 0.249 e. The number of rotatable bonds is 3. The highest BCUT2D eigenvalue weighted by Gasteiger charge is 2.24. The second kappa shape index (κ2) is 6.06. The summed E-state index contributed by atoms with van der Waals surface area (Å²) in [6, 6.07) is 18.1. The van der Waals surface area contributed by atoms with E-state index in [9.17, 15) is 4.79 Å². The van der Waals surface area contributed by atoms with Crippen molar-refractivity contribution in [2.24, 2.45) is 5.73 Å². The number of amides is 1. The minimum Gasteiger partial charge on any atom is -0.366 e. The summed E-state index contributed by atoms with van der Waals surface area (Å²) in [4.78, 5) is 19.2. The number of nitrogens with two attached hydrogens (primary N) is 1. The summed E-state index contributed by atoms with van der Waals surface area (Å²) in [5.74, 6) is -0.369. The highest BCUT2D eigenvalue weighted by atomic mass is 16.1. The van der Waals surface area contributed by atoms with Gasteiger partial charge in [-0.15, -0.1) is 0 Å². The predicted octanol–water partition coefficient (Wildman–Crippen LogP) is 2.89. The molecular weight excluding hydrogens is 298 g/mol. The van der Waals surface area contributed by atoms with Crippen LogP contribution in [-0.4, -0.2) is 22.3 Å². The van der Waals surface area contributed by atoms with Gasteiger partial charge in [0.15, 0.2) is 0 Å². The number of hydrogen-bond acceptors (Lipinski definition) is 3. The van der Waals surface area contributed by atoms with Crippen LogP contribution < -0.4 is 5.73 Å². The van der Waals surface area contributed by atoms with E-state index in [4.69, 9.17) is 10.7 Å². The molecule has 4 rings (SSSR count). The van der Waals surface area contributed by atoms with Crippen LogP contribution in [0.1, 0.15) is 27.2 Å². The van der Waals surface area contributed by atoms with Crippen LogP contribution >= 0.6 is 0 Å². The topological polar surface area (TPSA) is 59.2 Å². The number of hydrogen-bond donors (Lipinski definition) is 1. The van der Waals surface area contributed by atoms with E-state index in [0.717, 1.165) is 41.7 Å². The molecule has 0 saturated carbocycles. The van der Waals surface area contributed by atoms with Crippen LogP contribution in [0.25, 0.3) is 10.9 Å². The fourth-order valence-corrected chi connectivity index (χ4v) is 3.50. The zero-order valence-corrected chi connectivity index (χ0v) is 13.4. The lowest BCUT2D eigenvalue weighted by Crippen LogP contribution is -2.33. The number of fused-ring (bicyclic) bond motifs is 2. The van der Waals surface area contributed by atoms with E-state index in [1.807, 2.05) is 30.3 Å². The lowest BCUT2D eigenvalue weighted by Gasteiger charge is -2.29. The molecule has 0 spiro atoms. The van der Waals surface area contributed by atoms with E-state index < -0.39 is 0 Å². The van der Waals surface area contributed by atoms with Crippen LogP contribution in [0.5, 0.6) is 0 Å². The molecule has 1 aliphatic rings. The fraction of sp³-hybridized carbons (Fsp3) is 0.200. The average molecular weight is 317 g/mol. The summed E-state index contributed by atoms with van der Waals surface area (Å²) in [5.41, 5.74) is 10.5. The lowest BCUT2D eigenvalue weighted by molar-refractivity contribution is 0.0999. The van der Waals surface area contributed by atoms with E-state index in [2.05, 4.69) is 29.2 Å². The molecule has 0 aliphatic carbocycles. The van der Waals surface area contributed by atoms with Gasteiger partial charge in [-0.1, -0.05) is 48.5 Å². The third kappa shape index (κ3) is 2.65. The summed E-state index contributed by atoms with van der Waals surface area (Å²) in [6.07, 6.45) is 0.841. The molecule has 1 amide bonds. The minimum absolute atomic E-state index is 0.369. The number of nitrogens with zero attached hydrogens (tertiary/aromatic N) is 2. The Hall–Kier alpha value is -2.72.